The number of alkyl halides is 2. The van der Waals surface area contributed by atoms with Gasteiger partial charge in [0, 0.05) is 6.54 Å². The first-order chi connectivity index (χ1) is 9.95. The average molecular weight is 297 g/mol. The van der Waals surface area contributed by atoms with E-state index in [1.54, 1.807) is 12.1 Å². The van der Waals surface area contributed by atoms with E-state index < -0.39 is 6.61 Å². The lowest BCUT2D eigenvalue weighted by Gasteiger charge is -2.33. The van der Waals surface area contributed by atoms with Gasteiger partial charge < -0.3 is 15.4 Å². The van der Waals surface area contributed by atoms with Gasteiger partial charge in [0.25, 0.3) is 0 Å². The van der Waals surface area contributed by atoms with Gasteiger partial charge in [0.05, 0.1) is 5.69 Å². The molecule has 0 unspecified atom stereocenters. The van der Waals surface area contributed by atoms with E-state index in [1.807, 2.05) is 6.07 Å². The summed E-state index contributed by atoms with van der Waals surface area (Å²) in [6.07, 6.45) is 2.07. The first-order valence-electron chi connectivity index (χ1n) is 7.31. The Balaban J connectivity index is 2.00. The van der Waals surface area contributed by atoms with E-state index in [4.69, 9.17) is 5.73 Å². The van der Waals surface area contributed by atoms with Crippen LogP contribution in [-0.4, -0.2) is 31.1 Å². The Bertz CT molecular complexity index is 458. The summed E-state index contributed by atoms with van der Waals surface area (Å²) in [5, 5.41) is 0. The lowest BCUT2D eigenvalue weighted by molar-refractivity contribution is -0.0493. The SMILES string of the molecule is C[C](C)CN1CCC(c2ccc(N)c(OC(F)F)c2)CC1. The molecule has 0 bridgehead atoms. The first-order valence-corrected chi connectivity index (χ1v) is 7.31. The maximum absolute atomic E-state index is 12.4. The van der Waals surface area contributed by atoms with Crippen LogP contribution in [0.2, 0.25) is 0 Å². The topological polar surface area (TPSA) is 38.5 Å². The highest BCUT2D eigenvalue weighted by Gasteiger charge is 2.22. The number of nitrogen functional groups attached to an aromatic ring is 1. The Hall–Kier alpha value is -1.36. The van der Waals surface area contributed by atoms with Crippen molar-refractivity contribution in [3.8, 4) is 5.75 Å². The molecule has 1 saturated heterocycles. The molecule has 5 heteroatoms. The van der Waals surface area contributed by atoms with Crippen LogP contribution in [-0.2, 0) is 0 Å². The molecule has 3 nitrogen and oxygen atoms in total. The van der Waals surface area contributed by atoms with Crippen LogP contribution in [0.3, 0.4) is 0 Å². The lowest BCUT2D eigenvalue weighted by Crippen LogP contribution is -2.35. The summed E-state index contributed by atoms with van der Waals surface area (Å²) in [4.78, 5) is 2.43. The van der Waals surface area contributed by atoms with E-state index in [9.17, 15) is 8.78 Å². The second-order valence-corrected chi connectivity index (χ2v) is 5.93. The van der Waals surface area contributed by atoms with Gasteiger partial charge in [0.15, 0.2) is 0 Å². The van der Waals surface area contributed by atoms with Crippen molar-refractivity contribution in [2.75, 3.05) is 25.4 Å². The Labute approximate surface area is 125 Å². The van der Waals surface area contributed by atoms with E-state index >= 15 is 0 Å². The van der Waals surface area contributed by atoms with E-state index in [1.165, 1.54) is 5.92 Å². The quantitative estimate of drug-likeness (QED) is 0.843. The molecule has 2 N–H and O–H groups in total. The molecule has 1 radical (unpaired) electrons. The minimum atomic E-state index is -2.84. The Morgan fingerprint density at radius 3 is 2.57 bits per heavy atom. The van der Waals surface area contributed by atoms with Gasteiger partial charge in [-0.25, -0.2) is 0 Å². The van der Waals surface area contributed by atoms with Gasteiger partial charge in [0.1, 0.15) is 5.75 Å². The fraction of sp³-hybridized carbons (Fsp3) is 0.562. The number of rotatable bonds is 5. The largest absolute Gasteiger partial charge is 0.433 e. The van der Waals surface area contributed by atoms with E-state index in [0.29, 0.717) is 5.92 Å². The number of nitrogens with zero attached hydrogens (tertiary/aromatic N) is 1. The summed E-state index contributed by atoms with van der Waals surface area (Å²) < 4.78 is 29.2. The fourth-order valence-corrected chi connectivity index (χ4v) is 2.87. The molecule has 1 aliphatic rings. The van der Waals surface area contributed by atoms with E-state index in [-0.39, 0.29) is 11.4 Å². The molecule has 2 rings (SSSR count). The Morgan fingerprint density at radius 1 is 1.33 bits per heavy atom. The molecular weight excluding hydrogens is 274 g/mol. The molecule has 0 aliphatic carbocycles. The van der Waals surface area contributed by atoms with Crippen molar-refractivity contribution in [3.05, 3.63) is 29.7 Å². The first kappa shape index (κ1) is 16.0. The van der Waals surface area contributed by atoms with Crippen LogP contribution in [0.4, 0.5) is 14.5 Å². The standard InChI is InChI=1S/C16H23F2N2O/c1-11(2)10-20-7-5-12(6-8-20)13-3-4-14(19)15(9-13)21-16(17)18/h3-4,9,12,16H,5-8,10,19H2,1-2H3. The highest BCUT2D eigenvalue weighted by molar-refractivity contribution is 5.54. The van der Waals surface area contributed by atoms with Crippen molar-refractivity contribution in [1.29, 1.82) is 0 Å². The third-order valence-electron chi connectivity index (χ3n) is 3.85. The number of hydrogen-bond donors (Lipinski definition) is 1. The minimum absolute atomic E-state index is 0.0858. The van der Waals surface area contributed by atoms with Crippen LogP contribution in [0, 0.1) is 5.92 Å². The highest BCUT2D eigenvalue weighted by atomic mass is 19.3. The number of anilines is 1. The second kappa shape index (κ2) is 7.07. The van der Waals surface area contributed by atoms with Crippen LogP contribution in [0.1, 0.15) is 38.2 Å². The Morgan fingerprint density at radius 2 is 2.00 bits per heavy atom. The van der Waals surface area contributed by atoms with Gasteiger partial charge >= 0.3 is 6.61 Å². The van der Waals surface area contributed by atoms with Gasteiger partial charge in [0.2, 0.25) is 0 Å². The zero-order chi connectivity index (χ0) is 15.4. The van der Waals surface area contributed by atoms with Crippen LogP contribution in [0.5, 0.6) is 5.75 Å². The van der Waals surface area contributed by atoms with Gasteiger partial charge in [-0.2, -0.15) is 8.78 Å². The molecule has 1 fully saturated rings. The van der Waals surface area contributed by atoms with Crippen LogP contribution >= 0.6 is 0 Å². The maximum atomic E-state index is 12.4. The van der Waals surface area contributed by atoms with Gasteiger partial charge in [-0.05, 0) is 55.5 Å². The van der Waals surface area contributed by atoms with Crippen molar-refractivity contribution in [2.45, 2.75) is 39.2 Å². The third-order valence-corrected chi connectivity index (χ3v) is 3.85. The van der Waals surface area contributed by atoms with Crippen LogP contribution in [0.25, 0.3) is 0 Å². The fourth-order valence-electron chi connectivity index (χ4n) is 2.87. The summed E-state index contributed by atoms with van der Waals surface area (Å²) in [5.74, 6) is 1.88. The number of nitrogens with two attached hydrogens (primary N) is 1. The monoisotopic (exact) mass is 297 g/mol. The predicted octanol–water partition coefficient (Wildman–Crippen LogP) is 3.66. The molecule has 21 heavy (non-hydrogen) atoms. The van der Waals surface area contributed by atoms with Crippen molar-refractivity contribution in [3.63, 3.8) is 0 Å². The summed E-state index contributed by atoms with van der Waals surface area (Å²) in [5.41, 5.74) is 6.97. The van der Waals surface area contributed by atoms with Crippen LogP contribution in [0.15, 0.2) is 18.2 Å². The molecule has 0 amide bonds. The zero-order valence-electron chi connectivity index (χ0n) is 12.6. The van der Waals surface area contributed by atoms with Crippen molar-refractivity contribution >= 4 is 5.69 Å². The molecule has 1 heterocycles. The number of hydrogen-bond acceptors (Lipinski definition) is 3. The third kappa shape index (κ3) is 4.56. The lowest BCUT2D eigenvalue weighted by atomic mass is 9.89. The number of ether oxygens (including phenoxy) is 1. The molecule has 0 atom stereocenters. The normalized spacial score (nSPS) is 17.6. The molecular formula is C16H23F2N2O. The second-order valence-electron chi connectivity index (χ2n) is 5.93. The highest BCUT2D eigenvalue weighted by Crippen LogP contribution is 2.33. The molecule has 0 aromatic heterocycles. The minimum Gasteiger partial charge on any atom is -0.433 e. The summed E-state index contributed by atoms with van der Waals surface area (Å²) >= 11 is 0. The number of piperidine rings is 1. The average Bonchev–Trinajstić information content (AvgIpc) is 2.41. The zero-order valence-corrected chi connectivity index (χ0v) is 12.6. The van der Waals surface area contributed by atoms with Gasteiger partial charge in [-0.15, -0.1) is 0 Å². The number of likely N-dealkylation sites (tertiary alicyclic amines) is 1. The molecule has 1 aliphatic heterocycles. The molecule has 0 spiro atoms. The predicted molar refractivity (Wildman–Crippen MR) is 80.5 cm³/mol. The summed E-state index contributed by atoms with van der Waals surface area (Å²) in [7, 11) is 0. The van der Waals surface area contributed by atoms with E-state index in [0.717, 1.165) is 38.0 Å². The van der Waals surface area contributed by atoms with Gasteiger partial charge in [-0.3, -0.25) is 0 Å². The van der Waals surface area contributed by atoms with Crippen LogP contribution < -0.4 is 10.5 Å². The molecule has 1 aromatic rings. The smallest absolute Gasteiger partial charge is 0.387 e. The molecule has 117 valence electrons. The summed E-state index contributed by atoms with van der Waals surface area (Å²) in [6.45, 7) is 4.54. The van der Waals surface area contributed by atoms with Crippen molar-refractivity contribution in [2.24, 2.45) is 0 Å². The van der Waals surface area contributed by atoms with E-state index in [2.05, 4.69) is 23.5 Å². The number of benzene rings is 1. The van der Waals surface area contributed by atoms with Gasteiger partial charge in [-0.1, -0.05) is 19.9 Å². The van der Waals surface area contributed by atoms with Crippen molar-refractivity contribution < 1.29 is 13.5 Å². The summed E-state index contributed by atoms with van der Waals surface area (Å²) in [6, 6.07) is 5.24. The maximum Gasteiger partial charge on any atom is 0.387 e. The van der Waals surface area contributed by atoms with Crippen molar-refractivity contribution in [1.82, 2.24) is 4.90 Å². The Kier molecular flexibility index (Phi) is 5.39. The number of halogens is 2. The molecule has 0 saturated carbocycles. The molecule has 1 aromatic carbocycles.